The first kappa shape index (κ1) is 13.7. The Morgan fingerprint density at radius 3 is 2.26 bits per heavy atom. The van der Waals surface area contributed by atoms with Gasteiger partial charge in [0.1, 0.15) is 11.6 Å². The van der Waals surface area contributed by atoms with Crippen LogP contribution in [-0.2, 0) is 6.42 Å². The summed E-state index contributed by atoms with van der Waals surface area (Å²) < 4.78 is 27.8. The van der Waals surface area contributed by atoms with E-state index in [9.17, 15) is 8.78 Å². The highest BCUT2D eigenvalue weighted by atomic mass is 19.1. The van der Waals surface area contributed by atoms with Crippen molar-refractivity contribution in [2.45, 2.75) is 26.3 Å². The van der Waals surface area contributed by atoms with Gasteiger partial charge in [-0.05, 0) is 36.1 Å². The Labute approximate surface area is 112 Å². The maximum Gasteiger partial charge on any atom is 0.134 e. The fourth-order valence-electron chi connectivity index (χ4n) is 2.09. The highest BCUT2D eigenvalue weighted by Crippen LogP contribution is 2.26. The van der Waals surface area contributed by atoms with Crippen LogP contribution in [0.25, 0.3) is 0 Å². The monoisotopic (exact) mass is 261 g/mol. The predicted molar refractivity (Wildman–Crippen MR) is 72.9 cm³/mol. The number of nitrogens with two attached hydrogens (primary N) is 1. The number of halogens is 2. The summed E-state index contributed by atoms with van der Waals surface area (Å²) in [6, 6.07) is 9.40. The lowest BCUT2D eigenvalue weighted by molar-refractivity contribution is 0.538. The van der Waals surface area contributed by atoms with Crippen LogP contribution in [0, 0.1) is 18.6 Å². The van der Waals surface area contributed by atoms with Gasteiger partial charge < -0.3 is 5.73 Å². The topological polar surface area (TPSA) is 26.0 Å². The molecule has 1 unspecified atom stereocenters. The Morgan fingerprint density at radius 2 is 1.68 bits per heavy atom. The molecule has 3 heteroatoms. The molecule has 0 saturated carbocycles. The first-order valence-electron chi connectivity index (χ1n) is 6.33. The van der Waals surface area contributed by atoms with Gasteiger partial charge in [-0.3, -0.25) is 0 Å². The van der Waals surface area contributed by atoms with Crippen LogP contribution >= 0.6 is 0 Å². The molecule has 0 aliphatic rings. The first-order chi connectivity index (χ1) is 9.04. The lowest BCUT2D eigenvalue weighted by Gasteiger charge is -2.16. The van der Waals surface area contributed by atoms with Gasteiger partial charge in [0.25, 0.3) is 0 Å². The van der Waals surface area contributed by atoms with Crippen molar-refractivity contribution < 1.29 is 8.78 Å². The summed E-state index contributed by atoms with van der Waals surface area (Å²) in [7, 11) is 0. The molecule has 0 heterocycles. The number of hydrogen-bond acceptors (Lipinski definition) is 1. The molecule has 0 saturated heterocycles. The van der Waals surface area contributed by atoms with E-state index in [2.05, 4.69) is 6.92 Å². The van der Waals surface area contributed by atoms with E-state index in [4.69, 9.17) is 5.73 Å². The van der Waals surface area contributed by atoms with E-state index < -0.39 is 17.7 Å². The third-order valence-corrected chi connectivity index (χ3v) is 3.38. The maximum atomic E-state index is 14.0. The Bertz CT molecular complexity index is 576. The highest BCUT2D eigenvalue weighted by Gasteiger charge is 2.19. The van der Waals surface area contributed by atoms with Crippen molar-refractivity contribution in [1.29, 1.82) is 0 Å². The van der Waals surface area contributed by atoms with Gasteiger partial charge in [-0.25, -0.2) is 8.78 Å². The molecular formula is C16H17F2N. The largest absolute Gasteiger partial charge is 0.320 e. The summed E-state index contributed by atoms with van der Waals surface area (Å²) in [5.74, 6) is -1.16. The van der Waals surface area contributed by atoms with Crippen LogP contribution < -0.4 is 5.73 Å². The van der Waals surface area contributed by atoms with E-state index in [0.29, 0.717) is 11.1 Å². The maximum absolute atomic E-state index is 14.0. The quantitative estimate of drug-likeness (QED) is 0.891. The van der Waals surface area contributed by atoms with Crippen LogP contribution in [0.4, 0.5) is 8.78 Å². The number of hydrogen-bond donors (Lipinski definition) is 1. The van der Waals surface area contributed by atoms with Gasteiger partial charge in [0.15, 0.2) is 0 Å². The van der Waals surface area contributed by atoms with Gasteiger partial charge in [0, 0.05) is 5.56 Å². The van der Waals surface area contributed by atoms with Crippen molar-refractivity contribution in [3.63, 3.8) is 0 Å². The third-order valence-electron chi connectivity index (χ3n) is 3.38. The highest BCUT2D eigenvalue weighted by molar-refractivity contribution is 5.37. The number of aryl methyl sites for hydroxylation is 2. The lowest BCUT2D eigenvalue weighted by Crippen LogP contribution is -2.16. The fraction of sp³-hybridized carbons (Fsp3) is 0.250. The average molecular weight is 261 g/mol. The van der Waals surface area contributed by atoms with Crippen LogP contribution in [0.2, 0.25) is 0 Å². The molecule has 1 nitrogen and oxygen atoms in total. The zero-order chi connectivity index (χ0) is 14.0. The molecule has 0 amide bonds. The number of benzene rings is 2. The Hall–Kier alpha value is -1.74. The summed E-state index contributed by atoms with van der Waals surface area (Å²) in [5.41, 5.74) is 8.21. The van der Waals surface area contributed by atoms with E-state index in [1.54, 1.807) is 6.92 Å². The molecule has 0 aromatic heterocycles. The summed E-state index contributed by atoms with van der Waals surface area (Å²) in [6.45, 7) is 3.65. The fourth-order valence-corrected chi connectivity index (χ4v) is 2.09. The number of rotatable bonds is 3. The smallest absolute Gasteiger partial charge is 0.134 e. The van der Waals surface area contributed by atoms with Crippen molar-refractivity contribution in [2.24, 2.45) is 5.73 Å². The molecule has 1 atom stereocenters. The minimum atomic E-state index is -0.786. The van der Waals surface area contributed by atoms with Crippen molar-refractivity contribution in [2.75, 3.05) is 0 Å². The van der Waals surface area contributed by atoms with Crippen molar-refractivity contribution >= 4 is 0 Å². The van der Waals surface area contributed by atoms with Gasteiger partial charge in [-0.15, -0.1) is 0 Å². The summed E-state index contributed by atoms with van der Waals surface area (Å²) in [4.78, 5) is 0. The summed E-state index contributed by atoms with van der Waals surface area (Å²) in [5, 5.41) is 0. The van der Waals surface area contributed by atoms with Crippen molar-refractivity contribution in [3.05, 3.63) is 70.3 Å². The molecule has 2 aromatic rings. The van der Waals surface area contributed by atoms with Crippen LogP contribution in [0.5, 0.6) is 0 Å². The van der Waals surface area contributed by atoms with Gasteiger partial charge in [-0.1, -0.05) is 37.3 Å². The molecule has 0 aliphatic heterocycles. The second kappa shape index (κ2) is 5.49. The Kier molecular flexibility index (Phi) is 3.96. The van der Waals surface area contributed by atoms with Crippen molar-refractivity contribution in [3.8, 4) is 0 Å². The van der Waals surface area contributed by atoms with E-state index in [0.717, 1.165) is 6.42 Å². The lowest BCUT2D eigenvalue weighted by atomic mass is 9.96. The van der Waals surface area contributed by atoms with E-state index in [-0.39, 0.29) is 5.56 Å². The van der Waals surface area contributed by atoms with E-state index in [1.165, 1.54) is 17.7 Å². The minimum Gasteiger partial charge on any atom is -0.320 e. The van der Waals surface area contributed by atoms with Crippen LogP contribution in [0.15, 0.2) is 36.4 Å². The molecule has 0 spiro atoms. The second-order valence-corrected chi connectivity index (χ2v) is 4.66. The molecule has 2 aromatic carbocycles. The predicted octanol–water partition coefficient (Wildman–Crippen LogP) is 3.88. The van der Waals surface area contributed by atoms with E-state index >= 15 is 0 Å². The Morgan fingerprint density at radius 1 is 1.05 bits per heavy atom. The molecule has 2 rings (SSSR count). The van der Waals surface area contributed by atoms with Gasteiger partial charge in [-0.2, -0.15) is 0 Å². The second-order valence-electron chi connectivity index (χ2n) is 4.66. The first-order valence-corrected chi connectivity index (χ1v) is 6.33. The van der Waals surface area contributed by atoms with E-state index in [1.807, 2.05) is 24.3 Å². The minimum absolute atomic E-state index is 0.0655. The molecule has 0 radical (unpaired) electrons. The van der Waals surface area contributed by atoms with Crippen LogP contribution in [-0.4, -0.2) is 0 Å². The molecular weight excluding hydrogens is 244 g/mol. The van der Waals surface area contributed by atoms with Gasteiger partial charge in [0.2, 0.25) is 0 Å². The standard InChI is InChI=1S/C16H17F2N/c1-3-11-5-7-12(8-6-11)16(19)14-13(17)9-4-10(2)15(14)18/h4-9,16H,3,19H2,1-2H3. The molecule has 2 N–H and O–H groups in total. The SMILES string of the molecule is CCc1ccc(C(N)c2c(F)ccc(C)c2F)cc1. The summed E-state index contributed by atoms with van der Waals surface area (Å²) >= 11 is 0. The normalized spacial score (nSPS) is 12.5. The zero-order valence-electron chi connectivity index (χ0n) is 11.1. The summed E-state index contributed by atoms with van der Waals surface area (Å²) in [6.07, 6.45) is 0.919. The molecule has 100 valence electrons. The molecule has 0 aliphatic carbocycles. The Balaban J connectivity index is 2.43. The van der Waals surface area contributed by atoms with Crippen molar-refractivity contribution in [1.82, 2.24) is 0 Å². The van der Waals surface area contributed by atoms with Crippen LogP contribution in [0.1, 0.15) is 35.2 Å². The zero-order valence-corrected chi connectivity index (χ0v) is 11.1. The molecule has 19 heavy (non-hydrogen) atoms. The molecule has 0 fully saturated rings. The van der Waals surface area contributed by atoms with Gasteiger partial charge in [0.05, 0.1) is 6.04 Å². The van der Waals surface area contributed by atoms with Crippen LogP contribution in [0.3, 0.4) is 0 Å². The van der Waals surface area contributed by atoms with Gasteiger partial charge >= 0.3 is 0 Å². The molecule has 0 bridgehead atoms. The third kappa shape index (κ3) is 2.66. The average Bonchev–Trinajstić information content (AvgIpc) is 2.43.